The molecule has 1 aliphatic heterocycles. The Labute approximate surface area is 118 Å². The highest BCUT2D eigenvalue weighted by Gasteiger charge is 2.63. The zero-order valence-corrected chi connectivity index (χ0v) is 12.4. The Morgan fingerprint density at radius 3 is 2.56 bits per heavy atom. The van der Waals surface area contributed by atoms with Gasteiger partial charge < -0.3 is 4.90 Å². The summed E-state index contributed by atoms with van der Waals surface area (Å²) in [6.07, 6.45) is 5.72. The lowest BCUT2D eigenvalue weighted by molar-refractivity contribution is -0.149. The minimum absolute atomic E-state index is 0.181. The molecule has 0 unspecified atom stereocenters. The third-order valence-corrected chi connectivity index (χ3v) is 5.64. The molecule has 1 saturated carbocycles. The monoisotopic (exact) mass is 286 g/mol. The Hall–Kier alpha value is -0.400. The first-order valence-corrected chi connectivity index (χ1v) is 7.91. The molecule has 0 aromatic carbocycles. The van der Waals surface area contributed by atoms with Gasteiger partial charge in [0.15, 0.2) is 0 Å². The van der Waals surface area contributed by atoms with Gasteiger partial charge in [-0.15, -0.1) is 11.8 Å². The number of alkyl halides is 1. The highest BCUT2D eigenvalue weighted by molar-refractivity contribution is 8.00. The zero-order chi connectivity index (χ0) is 13.3. The van der Waals surface area contributed by atoms with Crippen LogP contribution >= 0.6 is 23.4 Å². The first-order chi connectivity index (χ1) is 8.50. The summed E-state index contributed by atoms with van der Waals surface area (Å²) in [5.41, 5.74) is 0. The van der Waals surface area contributed by atoms with Crippen LogP contribution < -0.4 is 0 Å². The fraction of sp³-hybridized carbons (Fsp3) is 0.846. The molecule has 0 spiro atoms. The summed E-state index contributed by atoms with van der Waals surface area (Å²) in [6.45, 7) is 4.14. The van der Waals surface area contributed by atoms with Crippen LogP contribution in [0.15, 0.2) is 0 Å². The minimum atomic E-state index is -1.33. The molecule has 1 heterocycles. The molecule has 18 heavy (non-hydrogen) atoms. The second-order valence-corrected chi connectivity index (χ2v) is 7.62. The van der Waals surface area contributed by atoms with Crippen LogP contribution in [0.5, 0.6) is 0 Å². The number of hydrogen-bond donors (Lipinski definition) is 0. The molecule has 0 radical (unpaired) electrons. The quantitative estimate of drug-likeness (QED) is 0.591. The van der Waals surface area contributed by atoms with Crippen molar-refractivity contribution < 1.29 is 4.79 Å². The summed E-state index contributed by atoms with van der Waals surface area (Å²) in [6, 6.07) is 2.30. The van der Waals surface area contributed by atoms with Crippen molar-refractivity contribution in [3.8, 4) is 6.07 Å². The Balaban J connectivity index is 2.14. The van der Waals surface area contributed by atoms with Gasteiger partial charge in [-0.25, -0.2) is 0 Å². The summed E-state index contributed by atoms with van der Waals surface area (Å²) >= 11 is 7.82. The number of β-lactam (4-membered cyclic amide) rings is 1. The van der Waals surface area contributed by atoms with Gasteiger partial charge in [-0.2, -0.15) is 5.26 Å². The Morgan fingerprint density at radius 2 is 2.06 bits per heavy atom. The molecule has 2 fully saturated rings. The highest BCUT2D eigenvalue weighted by Crippen LogP contribution is 2.47. The Kier molecular flexibility index (Phi) is 4.13. The van der Waals surface area contributed by atoms with Crippen LogP contribution in [0.4, 0.5) is 0 Å². The number of amides is 1. The van der Waals surface area contributed by atoms with Gasteiger partial charge >= 0.3 is 0 Å². The van der Waals surface area contributed by atoms with Crippen molar-refractivity contribution >= 4 is 29.3 Å². The summed E-state index contributed by atoms with van der Waals surface area (Å²) in [5, 5.41) is 9.35. The predicted octanol–water partition coefficient (Wildman–Crippen LogP) is 3.13. The number of hydrogen-bond acceptors (Lipinski definition) is 3. The van der Waals surface area contributed by atoms with Crippen LogP contribution in [0.1, 0.15) is 46.0 Å². The van der Waals surface area contributed by atoms with Crippen LogP contribution in [0.3, 0.4) is 0 Å². The number of thioether (sulfide) groups is 1. The fourth-order valence-electron chi connectivity index (χ4n) is 2.76. The smallest absolute Gasteiger partial charge is 0.262 e. The molecule has 1 saturated heterocycles. The minimum Gasteiger partial charge on any atom is -0.322 e. The van der Waals surface area contributed by atoms with E-state index in [4.69, 9.17) is 11.6 Å². The van der Waals surface area contributed by atoms with Crippen molar-refractivity contribution in [3.05, 3.63) is 0 Å². The van der Waals surface area contributed by atoms with Crippen LogP contribution in [0.2, 0.25) is 0 Å². The van der Waals surface area contributed by atoms with Crippen LogP contribution in [0, 0.1) is 11.3 Å². The van der Waals surface area contributed by atoms with Gasteiger partial charge in [0.1, 0.15) is 5.37 Å². The molecule has 0 aromatic heterocycles. The lowest BCUT2D eigenvalue weighted by Gasteiger charge is -2.53. The second kappa shape index (κ2) is 5.30. The van der Waals surface area contributed by atoms with E-state index in [0.717, 1.165) is 12.8 Å². The maximum Gasteiger partial charge on any atom is 0.262 e. The first-order valence-electron chi connectivity index (χ1n) is 6.59. The summed E-state index contributed by atoms with van der Waals surface area (Å²) in [4.78, 5) is 12.7. The molecule has 0 aromatic rings. The van der Waals surface area contributed by atoms with E-state index >= 15 is 0 Å². The number of halogens is 1. The maximum atomic E-state index is 12.2. The molecule has 100 valence electrons. The number of carbonyl (C=O) groups is 1. The van der Waals surface area contributed by atoms with E-state index in [9.17, 15) is 10.1 Å². The van der Waals surface area contributed by atoms with Gasteiger partial charge in [0.05, 0.1) is 6.07 Å². The molecule has 0 bridgehead atoms. The SMILES string of the molecule is CC(C)S[C@@H]1N(C2CCCCC2)C(=O)[C@@]1(Cl)C#N. The predicted molar refractivity (Wildman–Crippen MR) is 74.4 cm³/mol. The maximum absolute atomic E-state index is 12.2. The average Bonchev–Trinajstić information content (AvgIpc) is 2.38. The zero-order valence-electron chi connectivity index (χ0n) is 10.9. The number of likely N-dealkylation sites (tertiary alicyclic amines) is 1. The van der Waals surface area contributed by atoms with E-state index in [1.165, 1.54) is 19.3 Å². The molecular weight excluding hydrogens is 268 g/mol. The van der Waals surface area contributed by atoms with Gasteiger partial charge in [-0.1, -0.05) is 44.7 Å². The lowest BCUT2D eigenvalue weighted by atomic mass is 9.88. The van der Waals surface area contributed by atoms with Crippen molar-refractivity contribution in [2.24, 2.45) is 0 Å². The third-order valence-electron chi connectivity index (χ3n) is 3.67. The fourth-order valence-corrected chi connectivity index (χ4v) is 4.37. The van der Waals surface area contributed by atoms with Crippen molar-refractivity contribution in [3.63, 3.8) is 0 Å². The largest absolute Gasteiger partial charge is 0.322 e. The van der Waals surface area contributed by atoms with Crippen molar-refractivity contribution in [1.29, 1.82) is 5.26 Å². The Morgan fingerprint density at radius 1 is 1.44 bits per heavy atom. The van der Waals surface area contributed by atoms with Gasteiger partial charge in [0.2, 0.25) is 4.87 Å². The number of carbonyl (C=O) groups excluding carboxylic acids is 1. The third kappa shape index (κ3) is 2.23. The van der Waals surface area contributed by atoms with E-state index in [1.807, 2.05) is 11.0 Å². The molecule has 2 aliphatic rings. The molecule has 0 N–H and O–H groups in total. The molecule has 5 heteroatoms. The molecular formula is C13H19ClN2OS. The number of rotatable bonds is 3. The van der Waals surface area contributed by atoms with E-state index in [2.05, 4.69) is 13.8 Å². The van der Waals surface area contributed by atoms with Crippen LogP contribution in [0.25, 0.3) is 0 Å². The normalized spacial score (nSPS) is 33.4. The topological polar surface area (TPSA) is 44.1 Å². The molecule has 2 rings (SSSR count). The molecule has 3 nitrogen and oxygen atoms in total. The van der Waals surface area contributed by atoms with Gasteiger partial charge in [0.25, 0.3) is 5.91 Å². The number of nitrogens with zero attached hydrogens (tertiary/aromatic N) is 2. The molecule has 1 amide bonds. The van der Waals surface area contributed by atoms with Crippen molar-refractivity contribution in [1.82, 2.24) is 4.90 Å². The van der Waals surface area contributed by atoms with Crippen LogP contribution in [-0.2, 0) is 4.79 Å². The van der Waals surface area contributed by atoms with E-state index in [0.29, 0.717) is 11.3 Å². The summed E-state index contributed by atoms with van der Waals surface area (Å²) in [5.74, 6) is -0.184. The van der Waals surface area contributed by atoms with E-state index < -0.39 is 4.87 Å². The van der Waals surface area contributed by atoms with Gasteiger partial charge in [-0.3, -0.25) is 4.79 Å². The average molecular weight is 287 g/mol. The van der Waals surface area contributed by atoms with Crippen molar-refractivity contribution in [2.45, 2.75) is 67.5 Å². The molecule has 1 aliphatic carbocycles. The van der Waals surface area contributed by atoms with Gasteiger partial charge in [-0.05, 0) is 12.8 Å². The molecule has 2 atom stereocenters. The summed E-state index contributed by atoms with van der Waals surface area (Å²) in [7, 11) is 0. The van der Waals surface area contributed by atoms with Crippen LogP contribution in [-0.4, -0.2) is 32.3 Å². The van der Waals surface area contributed by atoms with E-state index in [1.54, 1.807) is 11.8 Å². The van der Waals surface area contributed by atoms with Crippen molar-refractivity contribution in [2.75, 3.05) is 0 Å². The standard InChI is InChI=1S/C13H19ClN2OS/c1-9(2)18-12-13(14,8-15)11(17)16(12)10-6-4-3-5-7-10/h9-10,12H,3-7H2,1-2H3/t12-,13-/m0/s1. The van der Waals surface area contributed by atoms with E-state index in [-0.39, 0.29) is 11.3 Å². The van der Waals surface area contributed by atoms with Gasteiger partial charge in [0, 0.05) is 11.3 Å². The Bertz CT molecular complexity index is 376. The lowest BCUT2D eigenvalue weighted by Crippen LogP contribution is -2.72. The number of nitriles is 1. The second-order valence-electron chi connectivity index (χ2n) is 5.37. The first kappa shape index (κ1) is 14.0. The highest BCUT2D eigenvalue weighted by atomic mass is 35.5. The summed E-state index contributed by atoms with van der Waals surface area (Å²) < 4.78 is 0.